The Balaban J connectivity index is 3.72. The Bertz CT molecular complexity index is 80.1. The van der Waals surface area contributed by atoms with Gasteiger partial charge in [0, 0.05) is 0 Å². The van der Waals surface area contributed by atoms with Crippen LogP contribution in [0.15, 0.2) is 11.7 Å². The van der Waals surface area contributed by atoms with Crippen molar-refractivity contribution in [2.45, 2.75) is 20.3 Å². The highest BCUT2D eigenvalue weighted by atomic mass is 19.2. The van der Waals surface area contributed by atoms with E-state index in [1.165, 1.54) is 0 Å². The average molecular weight is 106 g/mol. The summed E-state index contributed by atoms with van der Waals surface area (Å²) in [6.07, 6.45) is 0.155. The summed E-state index contributed by atoms with van der Waals surface area (Å²) in [4.78, 5) is 0. The standard InChI is InChI=1S/C5H8F2/c1-3-5(7)4(2)6/h3H2,1-2H3. The minimum Gasteiger partial charge on any atom is -0.209 e. The summed E-state index contributed by atoms with van der Waals surface area (Å²) in [5, 5.41) is 0. The molecular formula is C5H8F2. The molecule has 0 atom stereocenters. The van der Waals surface area contributed by atoms with Gasteiger partial charge in [-0.1, -0.05) is 6.92 Å². The van der Waals surface area contributed by atoms with Crippen molar-refractivity contribution in [1.29, 1.82) is 0 Å². The quantitative estimate of drug-likeness (QED) is 0.482. The van der Waals surface area contributed by atoms with Crippen molar-refractivity contribution >= 4 is 0 Å². The SMILES string of the molecule is CCC(F)=C(C)F. The van der Waals surface area contributed by atoms with E-state index in [1.54, 1.807) is 6.92 Å². The second-order valence-corrected chi connectivity index (χ2v) is 1.29. The van der Waals surface area contributed by atoms with Gasteiger partial charge in [-0.25, -0.2) is 8.78 Å². The van der Waals surface area contributed by atoms with Crippen LogP contribution in [-0.2, 0) is 0 Å². The molecule has 0 aliphatic carbocycles. The van der Waals surface area contributed by atoms with Crippen molar-refractivity contribution in [3.63, 3.8) is 0 Å². The molecule has 0 saturated carbocycles. The first-order chi connectivity index (χ1) is 3.18. The molecule has 0 spiro atoms. The maximum Gasteiger partial charge on any atom is 0.131 e. The Morgan fingerprint density at radius 1 is 1.43 bits per heavy atom. The maximum atomic E-state index is 11.8. The van der Waals surface area contributed by atoms with Crippen molar-refractivity contribution in [1.82, 2.24) is 0 Å². The minimum atomic E-state index is -0.706. The summed E-state index contributed by atoms with van der Waals surface area (Å²) < 4.78 is 23.4. The molecule has 0 saturated heterocycles. The highest BCUT2D eigenvalue weighted by molar-refractivity contribution is 4.94. The highest BCUT2D eigenvalue weighted by Crippen LogP contribution is 2.08. The second kappa shape index (κ2) is 2.72. The van der Waals surface area contributed by atoms with E-state index in [-0.39, 0.29) is 6.42 Å². The lowest BCUT2D eigenvalue weighted by atomic mass is 10.4. The average Bonchev–Trinajstić information content (AvgIpc) is 1.65. The molecule has 0 rings (SSSR count). The van der Waals surface area contributed by atoms with Crippen LogP contribution in [0.1, 0.15) is 20.3 Å². The van der Waals surface area contributed by atoms with Crippen LogP contribution in [0.2, 0.25) is 0 Å². The van der Waals surface area contributed by atoms with Gasteiger partial charge in [0.1, 0.15) is 11.7 Å². The normalized spacial score (nSPS) is 13.7. The lowest BCUT2D eigenvalue weighted by molar-refractivity contribution is 0.518. The molecule has 0 aromatic rings. The first-order valence-corrected chi connectivity index (χ1v) is 2.19. The van der Waals surface area contributed by atoms with Crippen LogP contribution >= 0.6 is 0 Å². The third-order valence-corrected chi connectivity index (χ3v) is 0.684. The second-order valence-electron chi connectivity index (χ2n) is 1.29. The number of allylic oxidation sites excluding steroid dienone is 2. The molecule has 0 heterocycles. The van der Waals surface area contributed by atoms with Crippen molar-refractivity contribution in [3.05, 3.63) is 11.7 Å². The Kier molecular flexibility index (Phi) is 2.56. The van der Waals surface area contributed by atoms with Crippen LogP contribution in [0.5, 0.6) is 0 Å². The Morgan fingerprint density at radius 3 is 1.86 bits per heavy atom. The molecule has 7 heavy (non-hydrogen) atoms. The summed E-state index contributed by atoms with van der Waals surface area (Å²) in [5.41, 5.74) is 0. The molecule has 0 nitrogen and oxygen atoms in total. The zero-order valence-electron chi connectivity index (χ0n) is 4.46. The molecular weight excluding hydrogens is 98.1 g/mol. The molecule has 0 aliphatic heterocycles. The summed E-state index contributed by atoms with van der Waals surface area (Å²) in [6, 6.07) is 0. The van der Waals surface area contributed by atoms with E-state index < -0.39 is 11.7 Å². The monoisotopic (exact) mass is 106 g/mol. The Labute approximate surface area is 41.8 Å². The molecule has 0 amide bonds. The van der Waals surface area contributed by atoms with Gasteiger partial charge < -0.3 is 0 Å². The third-order valence-electron chi connectivity index (χ3n) is 0.684. The summed E-state index contributed by atoms with van der Waals surface area (Å²) in [6.45, 7) is 2.68. The summed E-state index contributed by atoms with van der Waals surface area (Å²) >= 11 is 0. The van der Waals surface area contributed by atoms with Crippen molar-refractivity contribution in [3.8, 4) is 0 Å². The fourth-order valence-electron chi connectivity index (χ4n) is 0.244. The minimum absolute atomic E-state index is 0.155. The van der Waals surface area contributed by atoms with E-state index in [4.69, 9.17) is 0 Å². The fraction of sp³-hybridized carbons (Fsp3) is 0.600. The molecule has 0 aliphatic rings. The number of hydrogen-bond acceptors (Lipinski definition) is 0. The van der Waals surface area contributed by atoms with Crippen LogP contribution in [0.4, 0.5) is 8.78 Å². The Hall–Kier alpha value is -0.400. The molecule has 0 radical (unpaired) electrons. The van der Waals surface area contributed by atoms with Crippen LogP contribution < -0.4 is 0 Å². The molecule has 0 fully saturated rings. The first kappa shape index (κ1) is 6.60. The van der Waals surface area contributed by atoms with Gasteiger partial charge in [-0.2, -0.15) is 0 Å². The zero-order chi connectivity index (χ0) is 5.86. The lowest BCUT2D eigenvalue weighted by Gasteiger charge is -1.85. The predicted molar refractivity (Wildman–Crippen MR) is 25.2 cm³/mol. The van der Waals surface area contributed by atoms with Gasteiger partial charge in [0.15, 0.2) is 0 Å². The summed E-state index contributed by atoms with van der Waals surface area (Å²) in [5.74, 6) is -1.36. The van der Waals surface area contributed by atoms with Gasteiger partial charge in [0.25, 0.3) is 0 Å². The number of hydrogen-bond donors (Lipinski definition) is 0. The van der Waals surface area contributed by atoms with Crippen LogP contribution in [0.3, 0.4) is 0 Å². The van der Waals surface area contributed by atoms with Gasteiger partial charge in [0.05, 0.1) is 0 Å². The van der Waals surface area contributed by atoms with E-state index in [0.29, 0.717) is 0 Å². The van der Waals surface area contributed by atoms with E-state index in [2.05, 4.69) is 0 Å². The molecule has 2 heteroatoms. The molecule has 0 aromatic carbocycles. The van der Waals surface area contributed by atoms with Crippen LogP contribution in [0, 0.1) is 0 Å². The van der Waals surface area contributed by atoms with Crippen molar-refractivity contribution in [2.24, 2.45) is 0 Å². The smallest absolute Gasteiger partial charge is 0.131 e. The molecule has 42 valence electrons. The van der Waals surface area contributed by atoms with E-state index in [0.717, 1.165) is 6.92 Å². The van der Waals surface area contributed by atoms with Crippen molar-refractivity contribution in [2.75, 3.05) is 0 Å². The van der Waals surface area contributed by atoms with E-state index in [1.807, 2.05) is 0 Å². The van der Waals surface area contributed by atoms with Gasteiger partial charge in [-0.05, 0) is 13.3 Å². The zero-order valence-corrected chi connectivity index (χ0v) is 4.46. The molecule has 0 aromatic heterocycles. The van der Waals surface area contributed by atoms with E-state index >= 15 is 0 Å². The topological polar surface area (TPSA) is 0 Å². The molecule has 0 unspecified atom stereocenters. The summed E-state index contributed by atoms with van der Waals surface area (Å²) in [7, 11) is 0. The Morgan fingerprint density at radius 2 is 1.86 bits per heavy atom. The van der Waals surface area contributed by atoms with Crippen LogP contribution in [-0.4, -0.2) is 0 Å². The lowest BCUT2D eigenvalue weighted by Crippen LogP contribution is -1.69. The van der Waals surface area contributed by atoms with Crippen molar-refractivity contribution < 1.29 is 8.78 Å². The fourth-order valence-corrected chi connectivity index (χ4v) is 0.244. The van der Waals surface area contributed by atoms with E-state index in [9.17, 15) is 8.78 Å². The van der Waals surface area contributed by atoms with Gasteiger partial charge in [0.2, 0.25) is 0 Å². The third kappa shape index (κ3) is 2.31. The highest BCUT2D eigenvalue weighted by Gasteiger charge is 1.93. The number of halogens is 2. The molecule has 0 bridgehead atoms. The van der Waals surface area contributed by atoms with Gasteiger partial charge in [-0.15, -0.1) is 0 Å². The predicted octanol–water partition coefficient (Wildman–Crippen LogP) is 2.57. The van der Waals surface area contributed by atoms with Gasteiger partial charge in [-0.3, -0.25) is 0 Å². The first-order valence-electron chi connectivity index (χ1n) is 2.19. The maximum absolute atomic E-state index is 11.8. The van der Waals surface area contributed by atoms with Crippen LogP contribution in [0.25, 0.3) is 0 Å². The number of rotatable bonds is 1. The largest absolute Gasteiger partial charge is 0.209 e. The van der Waals surface area contributed by atoms with Gasteiger partial charge >= 0.3 is 0 Å². The molecule has 0 N–H and O–H groups in total.